The number of anilines is 1. The highest BCUT2D eigenvalue weighted by Gasteiger charge is 2.14. The number of nitrogens with two attached hydrogens (primary N) is 1. The van der Waals surface area contributed by atoms with Crippen molar-refractivity contribution >= 4 is 21.7 Å². The molecule has 0 saturated carbocycles. The maximum absolute atomic E-state index is 11.6. The van der Waals surface area contributed by atoms with Crippen molar-refractivity contribution in [1.29, 1.82) is 0 Å². The molecule has 0 spiro atoms. The highest BCUT2D eigenvalue weighted by Crippen LogP contribution is 2.15. The second-order valence-electron chi connectivity index (χ2n) is 3.27. The zero-order valence-electron chi connectivity index (χ0n) is 9.34. The van der Waals surface area contributed by atoms with Crippen LogP contribution >= 0.6 is 0 Å². The number of rotatable bonds is 5. The second kappa shape index (κ2) is 5.76. The van der Waals surface area contributed by atoms with Crippen LogP contribution in [-0.4, -0.2) is 27.5 Å². The fourth-order valence-electron chi connectivity index (χ4n) is 1.13. The summed E-state index contributed by atoms with van der Waals surface area (Å²) in [6.45, 7) is 1.44. The topological polar surface area (TPSA) is 98.5 Å². The predicted molar refractivity (Wildman–Crippen MR) is 62.9 cm³/mol. The molecule has 1 aromatic rings. The lowest BCUT2D eigenvalue weighted by Crippen LogP contribution is -2.14. The lowest BCUT2D eigenvalue weighted by Gasteiger charge is -2.06. The number of nitrogens with one attached hydrogen (secondary N) is 1. The normalized spacial score (nSPS) is 11.2. The Kier molecular flexibility index (Phi) is 4.62. The monoisotopic (exact) mass is 258 g/mol. The van der Waals surface area contributed by atoms with E-state index in [1.165, 1.54) is 31.2 Å². The molecule has 0 saturated heterocycles. The summed E-state index contributed by atoms with van der Waals surface area (Å²) in [5.41, 5.74) is 5.68. The molecule has 0 aromatic heterocycles. The molecule has 1 aromatic carbocycles. The van der Waals surface area contributed by atoms with Crippen LogP contribution in [0.5, 0.6) is 0 Å². The van der Waals surface area contributed by atoms with Gasteiger partial charge in [0, 0.05) is 19.2 Å². The average Bonchev–Trinajstić information content (AvgIpc) is 2.26. The molecule has 0 unspecified atom stereocenters. The zero-order chi connectivity index (χ0) is 12.9. The minimum atomic E-state index is -3.76. The molecule has 3 N–H and O–H groups in total. The minimum Gasteiger partial charge on any atom is -0.328 e. The van der Waals surface area contributed by atoms with Crippen molar-refractivity contribution in [2.24, 2.45) is 5.73 Å². The maximum Gasteiger partial charge on any atom is 0.297 e. The van der Waals surface area contributed by atoms with Crippen LogP contribution in [0.1, 0.15) is 6.92 Å². The van der Waals surface area contributed by atoms with Crippen molar-refractivity contribution in [3.63, 3.8) is 0 Å². The molecule has 0 aliphatic rings. The SMILES string of the molecule is CC(=O)Nc1ccc(S(=O)(=O)OCCN)cc1. The molecule has 0 atom stereocenters. The van der Waals surface area contributed by atoms with Crippen molar-refractivity contribution in [1.82, 2.24) is 0 Å². The number of hydrogen-bond acceptors (Lipinski definition) is 5. The smallest absolute Gasteiger partial charge is 0.297 e. The summed E-state index contributed by atoms with van der Waals surface area (Å²) >= 11 is 0. The molecule has 17 heavy (non-hydrogen) atoms. The molecule has 94 valence electrons. The van der Waals surface area contributed by atoms with Gasteiger partial charge in [-0.15, -0.1) is 0 Å². The van der Waals surface area contributed by atoms with Crippen LogP contribution in [0.4, 0.5) is 5.69 Å². The Balaban J connectivity index is 2.83. The number of benzene rings is 1. The number of carbonyl (C=O) groups excluding carboxylic acids is 1. The third-order valence-corrected chi connectivity index (χ3v) is 3.15. The number of carbonyl (C=O) groups is 1. The van der Waals surface area contributed by atoms with Gasteiger partial charge in [0.05, 0.1) is 11.5 Å². The van der Waals surface area contributed by atoms with Crippen LogP contribution < -0.4 is 11.1 Å². The first-order valence-corrected chi connectivity index (χ1v) is 6.33. The Morgan fingerprint density at radius 1 is 1.35 bits per heavy atom. The molecule has 0 bridgehead atoms. The quantitative estimate of drug-likeness (QED) is 0.740. The Morgan fingerprint density at radius 3 is 2.41 bits per heavy atom. The van der Waals surface area contributed by atoms with Gasteiger partial charge < -0.3 is 11.1 Å². The predicted octanol–water partition coefficient (Wildman–Crippen LogP) is 0.309. The van der Waals surface area contributed by atoms with Crippen molar-refractivity contribution in [2.75, 3.05) is 18.5 Å². The van der Waals surface area contributed by atoms with E-state index >= 15 is 0 Å². The van der Waals surface area contributed by atoms with E-state index in [-0.39, 0.29) is 24.0 Å². The molecule has 1 amide bonds. The molecule has 7 heteroatoms. The highest BCUT2D eigenvalue weighted by atomic mass is 32.2. The van der Waals surface area contributed by atoms with Crippen LogP contribution in [0, 0.1) is 0 Å². The van der Waals surface area contributed by atoms with Gasteiger partial charge in [0.15, 0.2) is 0 Å². The van der Waals surface area contributed by atoms with Crippen molar-refractivity contribution in [3.05, 3.63) is 24.3 Å². The molecule has 1 rings (SSSR count). The number of hydrogen-bond donors (Lipinski definition) is 2. The summed E-state index contributed by atoms with van der Waals surface area (Å²) in [5.74, 6) is -0.222. The van der Waals surface area contributed by atoms with Gasteiger partial charge in [-0.1, -0.05) is 0 Å². The van der Waals surface area contributed by atoms with Gasteiger partial charge in [-0.05, 0) is 24.3 Å². The summed E-state index contributed by atoms with van der Waals surface area (Å²) < 4.78 is 27.8. The van der Waals surface area contributed by atoms with Crippen LogP contribution in [0.2, 0.25) is 0 Å². The van der Waals surface area contributed by atoms with E-state index in [2.05, 4.69) is 9.50 Å². The van der Waals surface area contributed by atoms with E-state index in [4.69, 9.17) is 5.73 Å². The van der Waals surface area contributed by atoms with Gasteiger partial charge >= 0.3 is 0 Å². The Labute approximate surface area is 99.9 Å². The zero-order valence-corrected chi connectivity index (χ0v) is 10.2. The first-order chi connectivity index (χ1) is 7.95. The molecule has 0 aliphatic carbocycles. The third kappa shape index (κ3) is 4.14. The van der Waals surface area contributed by atoms with E-state index in [1.807, 2.05) is 0 Å². The maximum atomic E-state index is 11.6. The minimum absolute atomic E-state index is 0.0278. The van der Waals surface area contributed by atoms with E-state index in [1.54, 1.807) is 0 Å². The molecule has 6 nitrogen and oxygen atoms in total. The molecule has 0 radical (unpaired) electrons. The van der Waals surface area contributed by atoms with E-state index in [0.29, 0.717) is 5.69 Å². The molecule has 0 fully saturated rings. The van der Waals surface area contributed by atoms with Crippen LogP contribution in [-0.2, 0) is 19.1 Å². The summed E-state index contributed by atoms with van der Waals surface area (Å²) in [4.78, 5) is 10.8. The van der Waals surface area contributed by atoms with Crippen molar-refractivity contribution in [3.8, 4) is 0 Å². The summed E-state index contributed by atoms with van der Waals surface area (Å²) in [6.07, 6.45) is 0. The van der Waals surface area contributed by atoms with Gasteiger partial charge in [0.1, 0.15) is 0 Å². The van der Waals surface area contributed by atoms with Crippen molar-refractivity contribution < 1.29 is 17.4 Å². The Bertz CT molecular complexity index is 482. The average molecular weight is 258 g/mol. The third-order valence-electron chi connectivity index (χ3n) is 1.82. The van der Waals surface area contributed by atoms with Crippen LogP contribution in [0.25, 0.3) is 0 Å². The fraction of sp³-hybridized carbons (Fsp3) is 0.300. The lowest BCUT2D eigenvalue weighted by atomic mass is 10.3. The number of amides is 1. The second-order valence-corrected chi connectivity index (χ2v) is 4.89. The Hall–Kier alpha value is -1.44. The van der Waals surface area contributed by atoms with Gasteiger partial charge in [0.25, 0.3) is 10.1 Å². The van der Waals surface area contributed by atoms with Gasteiger partial charge in [-0.3, -0.25) is 8.98 Å². The summed E-state index contributed by atoms with van der Waals surface area (Å²) in [7, 11) is -3.76. The summed E-state index contributed by atoms with van der Waals surface area (Å²) in [5, 5.41) is 2.53. The molecular formula is C10H14N2O4S. The first-order valence-electron chi connectivity index (χ1n) is 4.93. The van der Waals surface area contributed by atoms with E-state index in [0.717, 1.165) is 0 Å². The van der Waals surface area contributed by atoms with Gasteiger partial charge in [-0.25, -0.2) is 0 Å². The van der Waals surface area contributed by atoms with E-state index in [9.17, 15) is 13.2 Å². The summed E-state index contributed by atoms with van der Waals surface area (Å²) in [6, 6.07) is 5.69. The molecular weight excluding hydrogens is 244 g/mol. The van der Waals surface area contributed by atoms with Crippen LogP contribution in [0.3, 0.4) is 0 Å². The fourth-order valence-corrected chi connectivity index (χ4v) is 2.06. The molecule has 0 heterocycles. The lowest BCUT2D eigenvalue weighted by molar-refractivity contribution is -0.114. The molecule has 0 aliphatic heterocycles. The largest absolute Gasteiger partial charge is 0.328 e. The van der Waals surface area contributed by atoms with Gasteiger partial charge in [-0.2, -0.15) is 8.42 Å². The van der Waals surface area contributed by atoms with Crippen molar-refractivity contribution in [2.45, 2.75) is 11.8 Å². The standard InChI is InChI=1S/C10H14N2O4S/c1-8(13)12-9-2-4-10(5-3-9)17(14,15)16-7-6-11/h2-5H,6-7,11H2,1H3,(H,12,13). The van der Waals surface area contributed by atoms with Gasteiger partial charge in [0.2, 0.25) is 5.91 Å². The first kappa shape index (κ1) is 13.6. The van der Waals surface area contributed by atoms with E-state index < -0.39 is 10.1 Å². The van der Waals surface area contributed by atoms with Crippen LogP contribution in [0.15, 0.2) is 29.2 Å². The Morgan fingerprint density at radius 2 is 1.94 bits per heavy atom. The highest BCUT2D eigenvalue weighted by molar-refractivity contribution is 7.86.